The minimum atomic E-state index is -0.607. The summed E-state index contributed by atoms with van der Waals surface area (Å²) in [5, 5.41) is 13.8. The predicted octanol–water partition coefficient (Wildman–Crippen LogP) is 3.07. The number of halogens is 1. The van der Waals surface area contributed by atoms with E-state index in [0.717, 1.165) is 0 Å². The Balaban J connectivity index is 1.87. The standard InChI is InChI=1S/C22H23FN6O3/c1-3-28-12-15-14(11-24)16(23)6-7-17(15)32-13(2)5-4-10-31-22(30)19-20(25)27-29-9-8-18(28)26-21(19)29/h6-9,13H,3-5,10,12H2,1-2H3,(H2,25,27)/t13-/m0/s1. The number of nitrogens with zero attached hydrogens (tertiary/aromatic N) is 5. The molecular weight excluding hydrogens is 415 g/mol. The average Bonchev–Trinajstić information content (AvgIpc) is 3.10. The second kappa shape index (κ2) is 8.70. The largest absolute Gasteiger partial charge is 0.490 e. The van der Waals surface area contributed by atoms with Gasteiger partial charge in [0.1, 0.15) is 29.0 Å². The SMILES string of the molecule is CCN1Cc2c(ccc(F)c2C#N)O[C@@H](C)CCCOC(=O)c2c(N)nn3ccc1nc23. The topological polar surface area (TPSA) is 119 Å². The first-order chi connectivity index (χ1) is 15.4. The molecule has 0 radical (unpaired) electrons. The molecule has 1 atom stereocenters. The molecule has 166 valence electrons. The van der Waals surface area contributed by atoms with Crippen LogP contribution >= 0.6 is 0 Å². The van der Waals surface area contributed by atoms with Gasteiger partial charge >= 0.3 is 5.97 Å². The molecule has 32 heavy (non-hydrogen) atoms. The predicted molar refractivity (Wildman–Crippen MR) is 115 cm³/mol. The molecule has 0 saturated heterocycles. The van der Waals surface area contributed by atoms with Crippen molar-refractivity contribution in [2.24, 2.45) is 0 Å². The second-order valence-corrected chi connectivity index (χ2v) is 7.55. The molecule has 1 aliphatic heterocycles. The van der Waals surface area contributed by atoms with Crippen LogP contribution in [0.1, 0.15) is 48.2 Å². The number of cyclic esters (lactones) is 1. The molecule has 0 fully saturated rings. The summed E-state index contributed by atoms with van der Waals surface area (Å²) in [7, 11) is 0. The van der Waals surface area contributed by atoms with Gasteiger partial charge in [-0.15, -0.1) is 5.10 Å². The van der Waals surface area contributed by atoms with Crippen LogP contribution in [0, 0.1) is 17.1 Å². The molecule has 1 aromatic carbocycles. The Kier molecular flexibility index (Phi) is 5.81. The maximum Gasteiger partial charge on any atom is 0.345 e. The third-order valence-electron chi connectivity index (χ3n) is 5.40. The Bertz CT molecular complexity index is 1220. The molecule has 0 aliphatic carbocycles. The van der Waals surface area contributed by atoms with E-state index in [0.29, 0.717) is 36.5 Å². The number of carbonyl (C=O) groups excluding carboxylic acids is 1. The zero-order valence-corrected chi connectivity index (χ0v) is 17.8. The Morgan fingerprint density at radius 2 is 2.19 bits per heavy atom. The van der Waals surface area contributed by atoms with E-state index in [1.54, 1.807) is 18.3 Å². The lowest BCUT2D eigenvalue weighted by atomic mass is 10.1. The van der Waals surface area contributed by atoms with Crippen LogP contribution < -0.4 is 15.4 Å². The monoisotopic (exact) mass is 438 g/mol. The fraction of sp³-hybridized carbons (Fsp3) is 0.364. The van der Waals surface area contributed by atoms with E-state index in [2.05, 4.69) is 10.1 Å². The molecule has 0 unspecified atom stereocenters. The van der Waals surface area contributed by atoms with Crippen molar-refractivity contribution < 1.29 is 18.7 Å². The van der Waals surface area contributed by atoms with Crippen LogP contribution in [0.15, 0.2) is 24.4 Å². The van der Waals surface area contributed by atoms with Crippen LogP contribution in [0.25, 0.3) is 5.65 Å². The molecule has 3 heterocycles. The molecule has 0 amide bonds. The summed E-state index contributed by atoms with van der Waals surface area (Å²) in [4.78, 5) is 19.1. The number of carbonyl (C=O) groups is 1. The van der Waals surface area contributed by atoms with E-state index < -0.39 is 11.8 Å². The molecule has 2 bridgehead atoms. The van der Waals surface area contributed by atoms with Crippen LogP contribution in [0.2, 0.25) is 0 Å². The van der Waals surface area contributed by atoms with Crippen molar-refractivity contribution in [3.63, 3.8) is 0 Å². The summed E-state index contributed by atoms with van der Waals surface area (Å²) in [6.45, 7) is 4.65. The first kappa shape index (κ1) is 21.4. The highest BCUT2D eigenvalue weighted by molar-refractivity contribution is 6.00. The first-order valence-corrected chi connectivity index (χ1v) is 10.4. The molecule has 0 spiro atoms. The number of benzene rings is 1. The Morgan fingerprint density at radius 3 is 2.94 bits per heavy atom. The van der Waals surface area contributed by atoms with Crippen molar-refractivity contribution in [1.82, 2.24) is 14.6 Å². The summed E-state index contributed by atoms with van der Waals surface area (Å²) in [5.41, 5.74) is 6.72. The normalized spacial score (nSPS) is 17.1. The van der Waals surface area contributed by atoms with Gasteiger partial charge in [0.15, 0.2) is 11.5 Å². The molecule has 0 saturated carbocycles. The Labute approximate surface area is 184 Å². The molecule has 4 rings (SSSR count). The van der Waals surface area contributed by atoms with Crippen LogP contribution in [-0.4, -0.2) is 39.8 Å². The molecule has 2 aromatic heterocycles. The summed E-state index contributed by atoms with van der Waals surface area (Å²) in [5.74, 6) is -0.217. The van der Waals surface area contributed by atoms with Gasteiger partial charge in [-0.25, -0.2) is 18.7 Å². The zero-order valence-electron chi connectivity index (χ0n) is 17.8. The van der Waals surface area contributed by atoms with Gasteiger partial charge in [-0.2, -0.15) is 5.26 Å². The summed E-state index contributed by atoms with van der Waals surface area (Å²) < 4.78 is 27.3. The minimum Gasteiger partial charge on any atom is -0.490 e. The molecular formula is C22H23FN6O3. The van der Waals surface area contributed by atoms with Gasteiger partial charge in [0.25, 0.3) is 0 Å². The van der Waals surface area contributed by atoms with Gasteiger partial charge in [-0.1, -0.05) is 0 Å². The summed E-state index contributed by atoms with van der Waals surface area (Å²) in [6, 6.07) is 6.46. The van der Waals surface area contributed by atoms with E-state index in [4.69, 9.17) is 15.2 Å². The smallest absolute Gasteiger partial charge is 0.345 e. The fourth-order valence-electron chi connectivity index (χ4n) is 3.73. The van der Waals surface area contributed by atoms with Crippen molar-refractivity contribution >= 4 is 23.3 Å². The van der Waals surface area contributed by atoms with E-state index in [1.807, 2.05) is 24.8 Å². The van der Waals surface area contributed by atoms with Gasteiger partial charge in [0, 0.05) is 24.8 Å². The van der Waals surface area contributed by atoms with Gasteiger partial charge in [-0.3, -0.25) is 0 Å². The lowest BCUT2D eigenvalue weighted by Crippen LogP contribution is -2.25. The Morgan fingerprint density at radius 1 is 1.38 bits per heavy atom. The van der Waals surface area contributed by atoms with Gasteiger partial charge in [0.2, 0.25) is 0 Å². The molecule has 9 nitrogen and oxygen atoms in total. The fourth-order valence-corrected chi connectivity index (χ4v) is 3.73. The highest BCUT2D eigenvalue weighted by atomic mass is 19.1. The maximum atomic E-state index is 14.5. The Hall–Kier alpha value is -3.87. The number of nitrogen functional groups attached to an aromatic ring is 1. The minimum absolute atomic E-state index is 0.0305. The van der Waals surface area contributed by atoms with Crippen molar-refractivity contribution in [1.29, 1.82) is 5.26 Å². The molecule has 3 aromatic rings. The number of hydrogen-bond acceptors (Lipinski definition) is 8. The van der Waals surface area contributed by atoms with Gasteiger partial charge in [0.05, 0.1) is 18.3 Å². The number of hydrogen-bond donors (Lipinski definition) is 1. The zero-order chi connectivity index (χ0) is 22.8. The number of anilines is 2. The van der Waals surface area contributed by atoms with Crippen molar-refractivity contribution in [3.8, 4) is 11.8 Å². The molecule has 1 aliphatic rings. The summed E-state index contributed by atoms with van der Waals surface area (Å²) in [6.07, 6.45) is 2.54. The maximum absolute atomic E-state index is 14.5. The van der Waals surface area contributed by atoms with Crippen molar-refractivity contribution in [2.75, 3.05) is 23.8 Å². The highest BCUT2D eigenvalue weighted by Gasteiger charge is 2.24. The van der Waals surface area contributed by atoms with Crippen molar-refractivity contribution in [3.05, 3.63) is 46.9 Å². The first-order valence-electron chi connectivity index (χ1n) is 10.4. The van der Waals surface area contributed by atoms with Crippen LogP contribution in [0.5, 0.6) is 5.75 Å². The second-order valence-electron chi connectivity index (χ2n) is 7.55. The van der Waals surface area contributed by atoms with E-state index in [-0.39, 0.29) is 41.8 Å². The van der Waals surface area contributed by atoms with E-state index in [1.165, 1.54) is 10.6 Å². The van der Waals surface area contributed by atoms with Crippen molar-refractivity contribution in [2.45, 2.75) is 39.3 Å². The molecule has 10 heteroatoms. The lowest BCUT2D eigenvalue weighted by Gasteiger charge is -2.25. The van der Waals surface area contributed by atoms with Crippen LogP contribution in [0.4, 0.5) is 16.0 Å². The quantitative estimate of drug-likeness (QED) is 0.576. The number of ether oxygens (including phenoxy) is 2. The van der Waals surface area contributed by atoms with Crippen LogP contribution in [0.3, 0.4) is 0 Å². The number of esters is 1. The third kappa shape index (κ3) is 3.89. The van der Waals surface area contributed by atoms with Crippen LogP contribution in [-0.2, 0) is 11.3 Å². The third-order valence-corrected chi connectivity index (χ3v) is 5.40. The van der Waals surface area contributed by atoms with Gasteiger partial charge < -0.3 is 20.1 Å². The van der Waals surface area contributed by atoms with E-state index in [9.17, 15) is 14.4 Å². The number of rotatable bonds is 1. The number of nitrogens with two attached hydrogens (primary N) is 1. The average molecular weight is 438 g/mol. The number of aromatic nitrogens is 3. The lowest BCUT2D eigenvalue weighted by molar-refractivity contribution is 0.0488. The number of fused-ring (bicyclic) bond motifs is 2. The van der Waals surface area contributed by atoms with E-state index >= 15 is 0 Å². The number of nitriles is 1. The summed E-state index contributed by atoms with van der Waals surface area (Å²) >= 11 is 0. The highest BCUT2D eigenvalue weighted by Crippen LogP contribution is 2.30. The van der Waals surface area contributed by atoms with Gasteiger partial charge in [-0.05, 0) is 44.9 Å². The molecule has 2 N–H and O–H groups in total.